The molecule has 0 spiro atoms. The molecular formula is C19H33N. The first-order valence-electron chi connectivity index (χ1n) is 8.55. The van der Waals surface area contributed by atoms with E-state index < -0.39 is 0 Å². The molecule has 0 aliphatic rings. The van der Waals surface area contributed by atoms with Gasteiger partial charge in [-0.15, -0.1) is 0 Å². The highest BCUT2D eigenvalue weighted by molar-refractivity contribution is 5.22. The quantitative estimate of drug-likeness (QED) is 0.543. The Morgan fingerprint density at radius 1 is 1.00 bits per heavy atom. The minimum atomic E-state index is 0.696. The fourth-order valence-electron chi connectivity index (χ4n) is 2.84. The van der Waals surface area contributed by atoms with Crippen molar-refractivity contribution in [2.24, 2.45) is 0 Å². The van der Waals surface area contributed by atoms with E-state index in [4.69, 9.17) is 0 Å². The van der Waals surface area contributed by atoms with E-state index in [1.807, 2.05) is 0 Å². The summed E-state index contributed by atoms with van der Waals surface area (Å²) in [4.78, 5) is 0. The van der Waals surface area contributed by atoms with Crippen LogP contribution in [0.4, 0.5) is 0 Å². The number of aryl methyl sites for hydroxylation is 2. The van der Waals surface area contributed by atoms with E-state index in [0.29, 0.717) is 6.04 Å². The molecule has 1 heteroatoms. The lowest BCUT2D eigenvalue weighted by molar-refractivity contribution is 0.440. The Balaban J connectivity index is 2.27. The van der Waals surface area contributed by atoms with Crippen molar-refractivity contribution < 1.29 is 0 Å². The van der Waals surface area contributed by atoms with E-state index in [0.717, 1.165) is 6.54 Å². The van der Waals surface area contributed by atoms with Gasteiger partial charge in [-0.1, -0.05) is 75.8 Å². The zero-order valence-electron chi connectivity index (χ0n) is 13.8. The first-order valence-corrected chi connectivity index (χ1v) is 8.55. The average molecular weight is 275 g/mol. The molecule has 1 unspecified atom stereocenters. The van der Waals surface area contributed by atoms with Crippen molar-refractivity contribution in [1.82, 2.24) is 5.32 Å². The lowest BCUT2D eigenvalue weighted by Gasteiger charge is -2.18. The van der Waals surface area contributed by atoms with Crippen molar-refractivity contribution in [2.75, 3.05) is 6.54 Å². The molecule has 0 fully saturated rings. The lowest BCUT2D eigenvalue weighted by Crippen LogP contribution is -2.29. The van der Waals surface area contributed by atoms with Gasteiger partial charge in [0.25, 0.3) is 0 Å². The molecule has 0 radical (unpaired) electrons. The molecular weight excluding hydrogens is 242 g/mol. The van der Waals surface area contributed by atoms with Crippen LogP contribution in [0, 0.1) is 6.92 Å². The summed E-state index contributed by atoms with van der Waals surface area (Å²) in [7, 11) is 0. The van der Waals surface area contributed by atoms with Crippen LogP contribution in [0.25, 0.3) is 0 Å². The zero-order valence-corrected chi connectivity index (χ0v) is 13.8. The van der Waals surface area contributed by atoms with Crippen LogP contribution in [-0.2, 0) is 6.42 Å². The van der Waals surface area contributed by atoms with Gasteiger partial charge in [-0.05, 0) is 38.3 Å². The SMILES string of the molecule is CCCCCCCC(CCc1cccc(C)c1)NCC. The molecule has 114 valence electrons. The number of hydrogen-bond donors (Lipinski definition) is 1. The summed E-state index contributed by atoms with van der Waals surface area (Å²) in [5.74, 6) is 0. The van der Waals surface area contributed by atoms with Gasteiger partial charge in [-0.25, -0.2) is 0 Å². The van der Waals surface area contributed by atoms with Crippen molar-refractivity contribution in [3.63, 3.8) is 0 Å². The van der Waals surface area contributed by atoms with Gasteiger partial charge < -0.3 is 5.32 Å². The number of rotatable bonds is 11. The number of unbranched alkanes of at least 4 members (excludes halogenated alkanes) is 4. The molecule has 0 amide bonds. The number of hydrogen-bond acceptors (Lipinski definition) is 1. The topological polar surface area (TPSA) is 12.0 Å². The highest BCUT2D eigenvalue weighted by Crippen LogP contribution is 2.13. The largest absolute Gasteiger partial charge is 0.314 e. The molecule has 0 heterocycles. The van der Waals surface area contributed by atoms with Gasteiger partial charge in [0, 0.05) is 6.04 Å². The van der Waals surface area contributed by atoms with Crippen LogP contribution in [0.3, 0.4) is 0 Å². The van der Waals surface area contributed by atoms with Crippen molar-refractivity contribution in [3.8, 4) is 0 Å². The van der Waals surface area contributed by atoms with Crippen LogP contribution < -0.4 is 5.32 Å². The molecule has 0 saturated carbocycles. The number of benzene rings is 1. The highest BCUT2D eigenvalue weighted by atomic mass is 14.9. The van der Waals surface area contributed by atoms with Gasteiger partial charge in [0.15, 0.2) is 0 Å². The van der Waals surface area contributed by atoms with Crippen molar-refractivity contribution in [1.29, 1.82) is 0 Å². The maximum absolute atomic E-state index is 3.66. The second-order valence-electron chi connectivity index (χ2n) is 5.99. The molecule has 0 saturated heterocycles. The van der Waals surface area contributed by atoms with Gasteiger partial charge in [-0.2, -0.15) is 0 Å². The minimum absolute atomic E-state index is 0.696. The summed E-state index contributed by atoms with van der Waals surface area (Å²) in [6.45, 7) is 7.77. The summed E-state index contributed by atoms with van der Waals surface area (Å²) in [5.41, 5.74) is 2.86. The molecule has 1 aromatic carbocycles. The van der Waals surface area contributed by atoms with Crippen LogP contribution in [0.2, 0.25) is 0 Å². The third-order valence-corrected chi connectivity index (χ3v) is 4.01. The molecule has 1 N–H and O–H groups in total. The van der Waals surface area contributed by atoms with Gasteiger partial charge in [0.05, 0.1) is 0 Å². The molecule has 1 rings (SSSR count). The first kappa shape index (κ1) is 17.2. The smallest absolute Gasteiger partial charge is 0.00701 e. The Bertz CT molecular complexity index is 345. The van der Waals surface area contributed by atoms with E-state index in [1.54, 1.807) is 0 Å². The third kappa shape index (κ3) is 7.69. The Kier molecular flexibility index (Phi) is 9.40. The molecule has 1 atom stereocenters. The Morgan fingerprint density at radius 3 is 2.50 bits per heavy atom. The standard InChI is InChI=1S/C19H33N/c1-4-6-7-8-9-13-19(20-5-2)15-14-18-12-10-11-17(3)16-18/h10-12,16,19-20H,4-9,13-15H2,1-3H3. The predicted octanol–water partition coefficient (Wildman–Crippen LogP) is 5.27. The monoisotopic (exact) mass is 275 g/mol. The van der Waals surface area contributed by atoms with Crippen molar-refractivity contribution in [3.05, 3.63) is 35.4 Å². The maximum Gasteiger partial charge on any atom is 0.00701 e. The van der Waals surface area contributed by atoms with Crippen LogP contribution in [0.5, 0.6) is 0 Å². The summed E-state index contributed by atoms with van der Waals surface area (Å²) < 4.78 is 0. The molecule has 0 aromatic heterocycles. The maximum atomic E-state index is 3.66. The summed E-state index contributed by atoms with van der Waals surface area (Å²) in [6.07, 6.45) is 10.7. The van der Waals surface area contributed by atoms with Crippen LogP contribution in [0.15, 0.2) is 24.3 Å². The molecule has 0 aliphatic carbocycles. The number of nitrogens with one attached hydrogen (secondary N) is 1. The minimum Gasteiger partial charge on any atom is -0.314 e. The van der Waals surface area contributed by atoms with E-state index in [1.165, 1.54) is 62.5 Å². The molecule has 1 aromatic rings. The van der Waals surface area contributed by atoms with Gasteiger partial charge in [0.2, 0.25) is 0 Å². The zero-order chi connectivity index (χ0) is 14.6. The molecule has 1 nitrogen and oxygen atoms in total. The highest BCUT2D eigenvalue weighted by Gasteiger charge is 2.07. The normalized spacial score (nSPS) is 12.6. The van der Waals surface area contributed by atoms with Crippen LogP contribution in [-0.4, -0.2) is 12.6 Å². The van der Waals surface area contributed by atoms with E-state index >= 15 is 0 Å². The molecule has 20 heavy (non-hydrogen) atoms. The first-order chi connectivity index (χ1) is 9.76. The fraction of sp³-hybridized carbons (Fsp3) is 0.684. The summed E-state index contributed by atoms with van der Waals surface area (Å²) in [6, 6.07) is 9.64. The predicted molar refractivity (Wildman–Crippen MR) is 90.3 cm³/mol. The lowest BCUT2D eigenvalue weighted by atomic mass is 9.99. The average Bonchev–Trinajstić information content (AvgIpc) is 2.44. The van der Waals surface area contributed by atoms with Crippen LogP contribution in [0.1, 0.15) is 69.9 Å². The van der Waals surface area contributed by atoms with Crippen molar-refractivity contribution >= 4 is 0 Å². The van der Waals surface area contributed by atoms with Crippen molar-refractivity contribution in [2.45, 2.75) is 78.2 Å². The third-order valence-electron chi connectivity index (χ3n) is 4.01. The van der Waals surface area contributed by atoms with E-state index in [2.05, 4.69) is 50.4 Å². The molecule has 0 bridgehead atoms. The van der Waals surface area contributed by atoms with E-state index in [-0.39, 0.29) is 0 Å². The van der Waals surface area contributed by atoms with E-state index in [9.17, 15) is 0 Å². The van der Waals surface area contributed by atoms with Gasteiger partial charge in [-0.3, -0.25) is 0 Å². The fourth-order valence-corrected chi connectivity index (χ4v) is 2.84. The Labute approximate surface area is 126 Å². The Morgan fingerprint density at radius 2 is 1.80 bits per heavy atom. The van der Waals surface area contributed by atoms with Crippen LogP contribution >= 0.6 is 0 Å². The summed E-state index contributed by atoms with van der Waals surface area (Å²) >= 11 is 0. The second kappa shape index (κ2) is 10.9. The second-order valence-corrected chi connectivity index (χ2v) is 5.99. The summed E-state index contributed by atoms with van der Waals surface area (Å²) in [5, 5.41) is 3.66. The molecule has 0 aliphatic heterocycles. The van der Waals surface area contributed by atoms with Gasteiger partial charge in [0.1, 0.15) is 0 Å². The Hall–Kier alpha value is -0.820. The van der Waals surface area contributed by atoms with Gasteiger partial charge >= 0.3 is 0 Å².